The summed E-state index contributed by atoms with van der Waals surface area (Å²) in [5.41, 5.74) is 6.33. The number of morpholine rings is 1. The molecular formula is C13H25N3O. The molecule has 0 aromatic carbocycles. The lowest BCUT2D eigenvalue weighted by Gasteiger charge is -2.45. The van der Waals surface area contributed by atoms with E-state index in [0.29, 0.717) is 18.2 Å². The van der Waals surface area contributed by atoms with Crippen molar-refractivity contribution in [2.75, 3.05) is 33.2 Å². The van der Waals surface area contributed by atoms with Crippen LogP contribution in [0, 0.1) is 0 Å². The number of likely N-dealkylation sites (tertiary alicyclic amines) is 2. The van der Waals surface area contributed by atoms with Crippen molar-refractivity contribution < 1.29 is 4.74 Å². The van der Waals surface area contributed by atoms with Crippen LogP contribution < -0.4 is 5.73 Å². The van der Waals surface area contributed by atoms with Gasteiger partial charge in [-0.25, -0.2) is 0 Å². The summed E-state index contributed by atoms with van der Waals surface area (Å²) in [6, 6.07) is 0.652. The molecule has 0 spiro atoms. The second kappa shape index (κ2) is 4.19. The Hall–Kier alpha value is -0.160. The fourth-order valence-electron chi connectivity index (χ4n) is 3.90. The largest absolute Gasteiger partial charge is 0.372 e. The molecule has 4 heteroatoms. The summed E-state index contributed by atoms with van der Waals surface area (Å²) >= 11 is 0. The fraction of sp³-hybridized carbons (Fsp3) is 1.00. The Kier molecular flexibility index (Phi) is 2.94. The van der Waals surface area contributed by atoms with Crippen molar-refractivity contribution in [1.29, 1.82) is 0 Å². The monoisotopic (exact) mass is 239 g/mol. The van der Waals surface area contributed by atoms with E-state index < -0.39 is 0 Å². The summed E-state index contributed by atoms with van der Waals surface area (Å²) < 4.78 is 5.93. The summed E-state index contributed by atoms with van der Waals surface area (Å²) in [5, 5.41) is 0. The molecule has 0 aromatic heterocycles. The van der Waals surface area contributed by atoms with Gasteiger partial charge in [0.1, 0.15) is 0 Å². The van der Waals surface area contributed by atoms with Crippen molar-refractivity contribution in [3.63, 3.8) is 0 Å². The van der Waals surface area contributed by atoms with Gasteiger partial charge in [-0.3, -0.25) is 4.90 Å². The molecule has 3 rings (SSSR count). The van der Waals surface area contributed by atoms with Crippen LogP contribution in [0.5, 0.6) is 0 Å². The maximum atomic E-state index is 6.13. The molecule has 4 nitrogen and oxygen atoms in total. The van der Waals surface area contributed by atoms with Crippen LogP contribution in [-0.4, -0.2) is 66.8 Å². The van der Waals surface area contributed by atoms with Crippen LogP contribution in [0.4, 0.5) is 0 Å². The first kappa shape index (κ1) is 11.9. The standard InChI is InChI=1S/C13H25N3O/c1-10-5-13(8-14,9-15(10)2)16-6-11-3-4-12(7-16)17-11/h10-12H,3-9,14H2,1-2H3. The van der Waals surface area contributed by atoms with Crippen molar-refractivity contribution in [3.05, 3.63) is 0 Å². The van der Waals surface area contributed by atoms with Gasteiger partial charge in [0.05, 0.1) is 12.2 Å². The molecule has 4 atom stereocenters. The Bertz CT molecular complexity index is 274. The Balaban J connectivity index is 1.77. The lowest BCUT2D eigenvalue weighted by molar-refractivity contribution is -0.0740. The Labute approximate surface area is 104 Å². The predicted octanol–water partition coefficient (Wildman–Crippen LogP) is 0.271. The van der Waals surface area contributed by atoms with Gasteiger partial charge in [-0.1, -0.05) is 0 Å². The van der Waals surface area contributed by atoms with E-state index in [1.54, 1.807) is 0 Å². The van der Waals surface area contributed by atoms with Gasteiger partial charge in [0.25, 0.3) is 0 Å². The number of nitrogens with zero attached hydrogens (tertiary/aromatic N) is 2. The average molecular weight is 239 g/mol. The Morgan fingerprint density at radius 2 is 1.94 bits per heavy atom. The Morgan fingerprint density at radius 3 is 2.41 bits per heavy atom. The number of hydrogen-bond acceptors (Lipinski definition) is 4. The first-order chi connectivity index (χ1) is 8.13. The van der Waals surface area contributed by atoms with Gasteiger partial charge < -0.3 is 15.4 Å². The first-order valence-corrected chi connectivity index (χ1v) is 6.94. The second-order valence-corrected chi connectivity index (χ2v) is 6.26. The zero-order valence-corrected chi connectivity index (χ0v) is 11.1. The highest BCUT2D eigenvalue weighted by atomic mass is 16.5. The van der Waals surface area contributed by atoms with E-state index in [9.17, 15) is 0 Å². The molecular weight excluding hydrogens is 214 g/mol. The summed E-state index contributed by atoms with van der Waals surface area (Å²) in [6.45, 7) is 6.39. The SMILES string of the molecule is CC1CC(CN)(N2CC3CCC(C2)O3)CN1C. The number of rotatable bonds is 2. The van der Waals surface area contributed by atoms with E-state index >= 15 is 0 Å². The van der Waals surface area contributed by atoms with Crippen molar-refractivity contribution in [2.45, 2.75) is 50.0 Å². The van der Waals surface area contributed by atoms with E-state index in [4.69, 9.17) is 10.5 Å². The van der Waals surface area contributed by atoms with Crippen molar-refractivity contribution in [2.24, 2.45) is 5.73 Å². The molecule has 98 valence electrons. The molecule has 3 fully saturated rings. The molecule has 0 radical (unpaired) electrons. The topological polar surface area (TPSA) is 41.7 Å². The van der Waals surface area contributed by atoms with Crippen molar-refractivity contribution >= 4 is 0 Å². The lowest BCUT2D eigenvalue weighted by Crippen LogP contribution is -2.60. The molecule has 4 unspecified atom stereocenters. The summed E-state index contributed by atoms with van der Waals surface area (Å²) in [7, 11) is 2.22. The summed E-state index contributed by atoms with van der Waals surface area (Å²) in [5.74, 6) is 0. The zero-order valence-electron chi connectivity index (χ0n) is 11.1. The molecule has 3 heterocycles. The number of ether oxygens (including phenoxy) is 1. The van der Waals surface area contributed by atoms with Gasteiger partial charge in [0.15, 0.2) is 0 Å². The van der Waals surface area contributed by atoms with Crippen LogP contribution in [0.3, 0.4) is 0 Å². The van der Waals surface area contributed by atoms with Crippen LogP contribution in [0.2, 0.25) is 0 Å². The number of fused-ring (bicyclic) bond motifs is 2. The average Bonchev–Trinajstić information content (AvgIpc) is 2.81. The van der Waals surface area contributed by atoms with Gasteiger partial charge in [-0.15, -0.1) is 0 Å². The normalized spacial score (nSPS) is 47.8. The predicted molar refractivity (Wildman–Crippen MR) is 68.0 cm³/mol. The molecule has 2 bridgehead atoms. The van der Waals surface area contributed by atoms with Crippen LogP contribution in [0.25, 0.3) is 0 Å². The lowest BCUT2D eigenvalue weighted by atomic mass is 9.93. The van der Waals surface area contributed by atoms with Gasteiger partial charge in [-0.2, -0.15) is 0 Å². The third kappa shape index (κ3) is 1.91. The Morgan fingerprint density at radius 1 is 1.29 bits per heavy atom. The quantitative estimate of drug-likeness (QED) is 0.751. The van der Waals surface area contributed by atoms with Gasteiger partial charge in [0, 0.05) is 37.8 Å². The van der Waals surface area contributed by atoms with Crippen LogP contribution in [0.15, 0.2) is 0 Å². The van der Waals surface area contributed by atoms with E-state index in [0.717, 1.165) is 26.2 Å². The molecule has 3 aliphatic rings. The van der Waals surface area contributed by atoms with Gasteiger partial charge in [-0.05, 0) is 33.2 Å². The third-order valence-corrected chi connectivity index (χ3v) is 5.07. The minimum Gasteiger partial charge on any atom is -0.372 e. The zero-order chi connectivity index (χ0) is 12.0. The smallest absolute Gasteiger partial charge is 0.0707 e. The summed E-state index contributed by atoms with van der Waals surface area (Å²) in [4.78, 5) is 5.09. The maximum absolute atomic E-state index is 6.13. The highest BCUT2D eigenvalue weighted by Gasteiger charge is 2.48. The van der Waals surface area contributed by atoms with Crippen LogP contribution in [-0.2, 0) is 4.74 Å². The molecule has 2 N–H and O–H groups in total. The number of hydrogen-bond donors (Lipinski definition) is 1. The van der Waals surface area contributed by atoms with E-state index in [1.165, 1.54) is 19.3 Å². The molecule has 0 saturated carbocycles. The van der Waals surface area contributed by atoms with E-state index in [1.807, 2.05) is 0 Å². The molecule has 0 aromatic rings. The first-order valence-electron chi connectivity index (χ1n) is 6.94. The molecule has 0 aliphatic carbocycles. The minimum atomic E-state index is 0.207. The van der Waals surface area contributed by atoms with E-state index in [-0.39, 0.29) is 5.54 Å². The number of nitrogens with two attached hydrogens (primary N) is 1. The van der Waals surface area contributed by atoms with Crippen molar-refractivity contribution in [3.8, 4) is 0 Å². The second-order valence-electron chi connectivity index (χ2n) is 6.26. The minimum absolute atomic E-state index is 0.207. The molecule has 0 amide bonds. The molecule has 3 aliphatic heterocycles. The van der Waals surface area contributed by atoms with Crippen molar-refractivity contribution in [1.82, 2.24) is 9.80 Å². The van der Waals surface area contributed by atoms with Crippen LogP contribution in [0.1, 0.15) is 26.2 Å². The van der Waals surface area contributed by atoms with E-state index in [2.05, 4.69) is 23.8 Å². The fourth-order valence-corrected chi connectivity index (χ4v) is 3.90. The van der Waals surface area contributed by atoms with Crippen LogP contribution >= 0.6 is 0 Å². The highest BCUT2D eigenvalue weighted by Crippen LogP contribution is 2.36. The highest BCUT2D eigenvalue weighted by molar-refractivity contribution is 5.05. The maximum Gasteiger partial charge on any atom is 0.0707 e. The van der Waals surface area contributed by atoms with Gasteiger partial charge >= 0.3 is 0 Å². The molecule has 17 heavy (non-hydrogen) atoms. The van der Waals surface area contributed by atoms with Gasteiger partial charge in [0.2, 0.25) is 0 Å². The number of likely N-dealkylation sites (N-methyl/N-ethyl adjacent to an activating group) is 1. The molecule has 3 saturated heterocycles. The third-order valence-electron chi connectivity index (χ3n) is 5.07. The summed E-state index contributed by atoms with van der Waals surface area (Å²) in [6.07, 6.45) is 4.64.